The van der Waals surface area contributed by atoms with Crippen molar-refractivity contribution in [3.8, 4) is 0 Å². The lowest BCUT2D eigenvalue weighted by Gasteiger charge is -2.21. The van der Waals surface area contributed by atoms with Crippen molar-refractivity contribution in [3.05, 3.63) is 46.5 Å². The highest BCUT2D eigenvalue weighted by Crippen LogP contribution is 2.41. The fourth-order valence-corrected chi connectivity index (χ4v) is 5.27. The highest BCUT2D eigenvalue weighted by molar-refractivity contribution is 7.15. The van der Waals surface area contributed by atoms with Gasteiger partial charge in [-0.2, -0.15) is 0 Å². The van der Waals surface area contributed by atoms with Crippen molar-refractivity contribution in [3.63, 3.8) is 0 Å². The third-order valence-corrected chi connectivity index (χ3v) is 6.50. The number of aliphatic carboxylic acids is 1. The normalized spacial score (nSPS) is 24.3. The number of rotatable bonds is 6. The second-order valence-electron chi connectivity index (χ2n) is 7.50. The lowest BCUT2D eigenvalue weighted by molar-refractivity contribution is -0.142. The number of thiazole rings is 1. The third kappa shape index (κ3) is 3.89. The monoisotopic (exact) mass is 385 g/mol. The van der Waals surface area contributed by atoms with E-state index < -0.39 is 5.97 Å². The number of carbonyl (C=O) groups excluding carboxylic acids is 1. The van der Waals surface area contributed by atoms with Gasteiger partial charge in [-0.1, -0.05) is 29.8 Å². The van der Waals surface area contributed by atoms with Crippen molar-refractivity contribution in [2.45, 2.75) is 44.7 Å². The van der Waals surface area contributed by atoms with Crippen LogP contribution in [0.1, 0.15) is 35.3 Å². The molecule has 3 unspecified atom stereocenters. The number of aromatic nitrogens is 1. The van der Waals surface area contributed by atoms with Gasteiger partial charge in [-0.05, 0) is 31.7 Å². The van der Waals surface area contributed by atoms with Gasteiger partial charge >= 0.3 is 5.97 Å². The lowest BCUT2D eigenvalue weighted by Crippen LogP contribution is -2.38. The van der Waals surface area contributed by atoms with E-state index in [0.717, 1.165) is 24.1 Å². The number of anilines is 1. The van der Waals surface area contributed by atoms with E-state index >= 15 is 0 Å². The number of fused-ring (bicyclic) bond motifs is 2. The Balaban J connectivity index is 1.34. The SMILES string of the molecule is Cc1cccc(Cc2cnc(NC(=O)CN3C4CCC3C(C(=O)O)C4)s2)c1. The topological polar surface area (TPSA) is 82.5 Å². The Morgan fingerprint density at radius 2 is 2.22 bits per heavy atom. The number of hydrogen-bond acceptors (Lipinski definition) is 5. The first-order chi connectivity index (χ1) is 13.0. The highest BCUT2D eigenvalue weighted by atomic mass is 32.1. The van der Waals surface area contributed by atoms with E-state index in [-0.39, 0.29) is 30.5 Å². The number of nitrogens with one attached hydrogen (secondary N) is 1. The Hall–Kier alpha value is -2.25. The van der Waals surface area contributed by atoms with Crippen molar-refractivity contribution < 1.29 is 14.7 Å². The zero-order valence-electron chi connectivity index (χ0n) is 15.2. The molecule has 3 atom stereocenters. The molecule has 2 bridgehead atoms. The number of carboxylic acid groups (broad SMARTS) is 1. The second kappa shape index (κ2) is 7.40. The van der Waals surface area contributed by atoms with Crippen LogP contribution < -0.4 is 5.32 Å². The van der Waals surface area contributed by atoms with Crippen molar-refractivity contribution in [2.24, 2.45) is 5.92 Å². The van der Waals surface area contributed by atoms with E-state index in [0.29, 0.717) is 11.6 Å². The molecule has 2 N–H and O–H groups in total. The molecule has 0 radical (unpaired) electrons. The fourth-order valence-electron chi connectivity index (χ4n) is 4.41. The highest BCUT2D eigenvalue weighted by Gasteiger charge is 2.49. The van der Waals surface area contributed by atoms with E-state index in [1.165, 1.54) is 22.5 Å². The zero-order valence-corrected chi connectivity index (χ0v) is 16.0. The van der Waals surface area contributed by atoms with Crippen molar-refractivity contribution in [1.82, 2.24) is 9.88 Å². The molecule has 3 heterocycles. The van der Waals surface area contributed by atoms with Crippen LogP contribution in [0.5, 0.6) is 0 Å². The van der Waals surface area contributed by atoms with Crippen molar-refractivity contribution in [1.29, 1.82) is 0 Å². The molecule has 0 saturated carbocycles. The predicted molar refractivity (Wildman–Crippen MR) is 104 cm³/mol. The molecule has 142 valence electrons. The van der Waals surface area contributed by atoms with Crippen LogP contribution in [0, 0.1) is 12.8 Å². The second-order valence-corrected chi connectivity index (χ2v) is 8.61. The molecular weight excluding hydrogens is 362 g/mol. The molecule has 4 rings (SSSR count). The van der Waals surface area contributed by atoms with Crippen LogP contribution >= 0.6 is 11.3 Å². The minimum absolute atomic E-state index is 0.00794. The van der Waals surface area contributed by atoms with Gasteiger partial charge in [0.05, 0.1) is 12.5 Å². The maximum Gasteiger partial charge on any atom is 0.308 e. The molecule has 1 aromatic carbocycles. The summed E-state index contributed by atoms with van der Waals surface area (Å²) in [5.74, 6) is -1.19. The molecule has 1 amide bonds. The maximum atomic E-state index is 12.4. The number of hydrogen-bond donors (Lipinski definition) is 2. The Kier molecular flexibility index (Phi) is 4.97. The molecule has 2 aliphatic rings. The molecule has 27 heavy (non-hydrogen) atoms. The Bertz CT molecular complexity index is 866. The van der Waals surface area contributed by atoms with Crippen molar-refractivity contribution >= 4 is 28.3 Å². The average Bonchev–Trinajstić information content (AvgIpc) is 3.30. The van der Waals surface area contributed by atoms with E-state index in [9.17, 15) is 14.7 Å². The molecule has 0 aliphatic carbocycles. The van der Waals surface area contributed by atoms with Gasteiger partial charge in [0, 0.05) is 29.6 Å². The molecule has 2 fully saturated rings. The standard InChI is InChI=1S/C20H23N3O3S/c1-12-3-2-4-13(7-12)8-15-10-21-20(27-15)22-18(24)11-23-14-5-6-17(23)16(9-14)19(25)26/h2-4,7,10,14,16-17H,5-6,8-9,11H2,1H3,(H,25,26)(H,21,22,24). The minimum Gasteiger partial charge on any atom is -0.481 e. The Labute approximate surface area is 162 Å². The molecule has 1 aromatic heterocycles. The first kappa shape index (κ1) is 18.1. The van der Waals surface area contributed by atoms with Gasteiger partial charge in [-0.15, -0.1) is 11.3 Å². The minimum atomic E-state index is -0.742. The summed E-state index contributed by atoms with van der Waals surface area (Å²) in [6, 6.07) is 8.57. The molecule has 2 saturated heterocycles. The van der Waals surface area contributed by atoms with Crippen LogP contribution in [0.3, 0.4) is 0 Å². The van der Waals surface area contributed by atoms with E-state index in [4.69, 9.17) is 0 Å². The summed E-state index contributed by atoms with van der Waals surface area (Å²) in [5.41, 5.74) is 2.45. The van der Waals surface area contributed by atoms with Gasteiger partial charge in [-0.3, -0.25) is 14.5 Å². The van der Waals surface area contributed by atoms with Crippen LogP contribution in [0.25, 0.3) is 0 Å². The predicted octanol–water partition coefficient (Wildman–Crippen LogP) is 2.92. The van der Waals surface area contributed by atoms with Gasteiger partial charge in [0.25, 0.3) is 0 Å². The van der Waals surface area contributed by atoms with Crippen LogP contribution in [-0.4, -0.2) is 45.5 Å². The zero-order chi connectivity index (χ0) is 19.0. The summed E-state index contributed by atoms with van der Waals surface area (Å²) < 4.78 is 0. The molecule has 2 aromatic rings. The molecular formula is C20H23N3O3S. The van der Waals surface area contributed by atoms with Crippen LogP contribution in [0.2, 0.25) is 0 Å². The number of carboxylic acids is 1. The van der Waals surface area contributed by atoms with E-state index in [1.54, 1.807) is 0 Å². The van der Waals surface area contributed by atoms with Crippen LogP contribution in [0.15, 0.2) is 30.5 Å². The molecule has 6 nitrogen and oxygen atoms in total. The lowest BCUT2D eigenvalue weighted by atomic mass is 9.89. The maximum absolute atomic E-state index is 12.4. The molecule has 2 aliphatic heterocycles. The van der Waals surface area contributed by atoms with Gasteiger partial charge in [0.2, 0.25) is 5.91 Å². The van der Waals surface area contributed by atoms with Gasteiger partial charge < -0.3 is 10.4 Å². The third-order valence-electron chi connectivity index (χ3n) is 5.59. The largest absolute Gasteiger partial charge is 0.481 e. The average molecular weight is 385 g/mol. The smallest absolute Gasteiger partial charge is 0.308 e. The van der Waals surface area contributed by atoms with Gasteiger partial charge in [0.15, 0.2) is 5.13 Å². The summed E-state index contributed by atoms with van der Waals surface area (Å²) in [7, 11) is 0. The number of amides is 1. The van der Waals surface area contributed by atoms with E-state index in [1.807, 2.05) is 12.3 Å². The Morgan fingerprint density at radius 1 is 1.37 bits per heavy atom. The summed E-state index contributed by atoms with van der Waals surface area (Å²) >= 11 is 1.49. The number of nitrogens with zero attached hydrogens (tertiary/aromatic N) is 2. The summed E-state index contributed by atoms with van der Waals surface area (Å²) in [6.45, 7) is 2.31. The summed E-state index contributed by atoms with van der Waals surface area (Å²) in [5, 5.41) is 12.8. The van der Waals surface area contributed by atoms with Crippen LogP contribution in [-0.2, 0) is 16.0 Å². The van der Waals surface area contributed by atoms with E-state index in [2.05, 4.69) is 40.3 Å². The Morgan fingerprint density at radius 3 is 2.96 bits per heavy atom. The molecule has 7 heteroatoms. The molecule has 0 spiro atoms. The van der Waals surface area contributed by atoms with Gasteiger partial charge in [0.1, 0.15) is 0 Å². The van der Waals surface area contributed by atoms with Crippen LogP contribution in [0.4, 0.5) is 5.13 Å². The fraction of sp³-hybridized carbons (Fsp3) is 0.450. The first-order valence-electron chi connectivity index (χ1n) is 9.28. The number of aryl methyl sites for hydroxylation is 1. The quantitative estimate of drug-likeness (QED) is 0.799. The first-order valence-corrected chi connectivity index (χ1v) is 10.1. The summed E-state index contributed by atoms with van der Waals surface area (Å²) in [4.78, 5) is 31.3. The number of benzene rings is 1. The van der Waals surface area contributed by atoms with Gasteiger partial charge in [-0.25, -0.2) is 4.98 Å². The van der Waals surface area contributed by atoms with Crippen molar-refractivity contribution in [2.75, 3.05) is 11.9 Å². The number of carbonyl (C=O) groups is 2. The summed E-state index contributed by atoms with van der Waals surface area (Å²) in [6.07, 6.45) is 5.12.